The van der Waals surface area contributed by atoms with Gasteiger partial charge >= 0.3 is 6.18 Å². The van der Waals surface area contributed by atoms with E-state index in [0.717, 1.165) is 28.6 Å². The number of aromatic nitrogens is 1. The van der Waals surface area contributed by atoms with E-state index in [1.54, 1.807) is 36.5 Å². The first-order valence-corrected chi connectivity index (χ1v) is 11.3. The smallest absolute Gasteiger partial charge is 0.361 e. The van der Waals surface area contributed by atoms with Crippen LogP contribution >= 0.6 is 0 Å². The highest BCUT2D eigenvalue weighted by molar-refractivity contribution is 6.29. The van der Waals surface area contributed by atoms with Gasteiger partial charge in [0.25, 0.3) is 11.8 Å². The Morgan fingerprint density at radius 3 is 2.17 bits per heavy atom. The van der Waals surface area contributed by atoms with Crippen LogP contribution in [0.3, 0.4) is 0 Å². The van der Waals surface area contributed by atoms with Crippen molar-refractivity contribution < 1.29 is 22.8 Å². The lowest BCUT2D eigenvalue weighted by molar-refractivity contribution is -0.137. The Bertz CT molecular complexity index is 1430. The fourth-order valence-corrected chi connectivity index (χ4v) is 3.68. The molecule has 1 heterocycles. The third-order valence-electron chi connectivity index (χ3n) is 5.66. The first kappa shape index (κ1) is 24.8. The van der Waals surface area contributed by atoms with Crippen LogP contribution in [-0.2, 0) is 15.8 Å². The number of hydrogen-bond acceptors (Lipinski definition) is 2. The molecular formula is C28H24F3N3O2. The van der Waals surface area contributed by atoms with Crippen LogP contribution in [0, 0.1) is 0 Å². The maximum absolute atomic E-state index is 13.2. The van der Waals surface area contributed by atoms with Crippen molar-refractivity contribution in [1.29, 1.82) is 0 Å². The van der Waals surface area contributed by atoms with Gasteiger partial charge in [0.05, 0.1) is 5.56 Å². The van der Waals surface area contributed by atoms with Gasteiger partial charge < -0.3 is 15.6 Å². The number of H-pyrrole nitrogens is 1. The Balaban J connectivity index is 1.64. The third kappa shape index (κ3) is 5.83. The van der Waals surface area contributed by atoms with Gasteiger partial charge in [-0.15, -0.1) is 0 Å². The summed E-state index contributed by atoms with van der Waals surface area (Å²) in [6, 6.07) is 18.7. The van der Waals surface area contributed by atoms with Crippen molar-refractivity contribution in [3.63, 3.8) is 0 Å². The number of carbonyl (C=O) groups is 2. The largest absolute Gasteiger partial charge is 0.416 e. The number of anilines is 2. The number of hydrogen-bond donors (Lipinski definition) is 3. The number of alkyl halides is 3. The van der Waals surface area contributed by atoms with Gasteiger partial charge in [0.2, 0.25) is 0 Å². The van der Waals surface area contributed by atoms with Crippen molar-refractivity contribution in [2.24, 2.45) is 0 Å². The SMILES string of the molecule is CC(C)c1ccc(C=C(C(=O)Nc2cccc(C(F)(F)F)c2)C(=O)Nc2ccc3[nH]ccc3c2)cc1. The number of benzene rings is 3. The van der Waals surface area contributed by atoms with Crippen molar-refractivity contribution in [2.75, 3.05) is 10.6 Å². The summed E-state index contributed by atoms with van der Waals surface area (Å²) in [4.78, 5) is 29.4. The van der Waals surface area contributed by atoms with Crippen molar-refractivity contribution in [3.05, 3.63) is 101 Å². The predicted octanol–water partition coefficient (Wildman–Crippen LogP) is 6.97. The number of aromatic amines is 1. The maximum atomic E-state index is 13.2. The van der Waals surface area contributed by atoms with Gasteiger partial charge in [0.15, 0.2) is 0 Å². The molecule has 2 amide bonds. The molecule has 36 heavy (non-hydrogen) atoms. The summed E-state index contributed by atoms with van der Waals surface area (Å²) in [6.07, 6.45) is -1.38. The number of halogens is 3. The number of carbonyl (C=O) groups excluding carboxylic acids is 2. The van der Waals surface area contributed by atoms with Gasteiger partial charge in [-0.05, 0) is 65.6 Å². The van der Waals surface area contributed by atoms with Crippen molar-refractivity contribution in [1.82, 2.24) is 4.98 Å². The topological polar surface area (TPSA) is 74.0 Å². The molecule has 0 spiro atoms. The zero-order chi connectivity index (χ0) is 25.9. The molecule has 0 aliphatic carbocycles. The quantitative estimate of drug-likeness (QED) is 0.155. The average molecular weight is 492 g/mol. The molecule has 0 aliphatic heterocycles. The van der Waals surface area contributed by atoms with Gasteiger partial charge in [0, 0.05) is 28.5 Å². The standard InChI is InChI=1S/C28H24F3N3O2/c1-17(2)19-8-6-18(7-9-19)14-24(26(35)33-22-5-3-4-21(16-22)28(29,30)31)27(36)34-23-10-11-25-20(15-23)12-13-32-25/h3-17,32H,1-2H3,(H,33,35)(H,34,36). The molecular weight excluding hydrogens is 467 g/mol. The zero-order valence-corrected chi connectivity index (χ0v) is 19.6. The van der Waals surface area contributed by atoms with E-state index in [-0.39, 0.29) is 11.3 Å². The lowest BCUT2D eigenvalue weighted by Gasteiger charge is -2.13. The molecule has 1 aromatic heterocycles. The van der Waals surface area contributed by atoms with Gasteiger partial charge in [-0.1, -0.05) is 44.2 Å². The molecule has 4 aromatic rings. The minimum absolute atomic E-state index is 0.0718. The Morgan fingerprint density at radius 1 is 0.861 bits per heavy atom. The summed E-state index contributed by atoms with van der Waals surface area (Å²) in [5.74, 6) is -1.22. The summed E-state index contributed by atoms with van der Waals surface area (Å²) in [7, 11) is 0. The summed E-state index contributed by atoms with van der Waals surface area (Å²) < 4.78 is 39.3. The van der Waals surface area contributed by atoms with E-state index in [2.05, 4.69) is 15.6 Å². The molecule has 0 saturated heterocycles. The fraction of sp³-hybridized carbons (Fsp3) is 0.143. The molecule has 3 aromatic carbocycles. The number of fused-ring (bicyclic) bond motifs is 1. The molecule has 0 saturated carbocycles. The number of amides is 2. The Labute approximate surface area is 206 Å². The first-order chi connectivity index (χ1) is 17.1. The minimum Gasteiger partial charge on any atom is -0.361 e. The molecule has 4 rings (SSSR count). The molecule has 0 bridgehead atoms. The molecule has 8 heteroatoms. The second kappa shape index (κ2) is 10.1. The summed E-state index contributed by atoms with van der Waals surface area (Å²) >= 11 is 0. The first-order valence-electron chi connectivity index (χ1n) is 11.3. The molecule has 3 N–H and O–H groups in total. The highest BCUT2D eigenvalue weighted by atomic mass is 19.4. The van der Waals surface area contributed by atoms with Crippen LogP contribution in [-0.4, -0.2) is 16.8 Å². The van der Waals surface area contributed by atoms with Gasteiger partial charge in [-0.2, -0.15) is 13.2 Å². The van der Waals surface area contributed by atoms with Gasteiger partial charge in [0.1, 0.15) is 5.57 Å². The molecule has 184 valence electrons. The predicted molar refractivity (Wildman–Crippen MR) is 136 cm³/mol. The van der Waals surface area contributed by atoms with Crippen LogP contribution in [0.4, 0.5) is 24.5 Å². The van der Waals surface area contributed by atoms with Crippen LogP contribution in [0.2, 0.25) is 0 Å². The zero-order valence-electron chi connectivity index (χ0n) is 19.6. The van der Waals surface area contributed by atoms with Gasteiger partial charge in [-0.3, -0.25) is 9.59 Å². The highest BCUT2D eigenvalue weighted by Crippen LogP contribution is 2.31. The Hall–Kier alpha value is -4.33. The number of rotatable bonds is 6. The van der Waals surface area contributed by atoms with E-state index in [1.807, 2.05) is 32.0 Å². The van der Waals surface area contributed by atoms with Crippen molar-refractivity contribution >= 4 is 40.2 Å². The van der Waals surface area contributed by atoms with E-state index in [1.165, 1.54) is 18.2 Å². The third-order valence-corrected chi connectivity index (χ3v) is 5.66. The minimum atomic E-state index is -4.56. The second-order valence-corrected chi connectivity index (χ2v) is 8.65. The van der Waals surface area contributed by atoms with Crippen LogP contribution in [0.5, 0.6) is 0 Å². The molecule has 0 atom stereocenters. The number of nitrogens with one attached hydrogen (secondary N) is 3. The maximum Gasteiger partial charge on any atom is 0.416 e. The molecule has 0 aliphatic rings. The van der Waals surface area contributed by atoms with Crippen molar-refractivity contribution in [3.8, 4) is 0 Å². The lowest BCUT2D eigenvalue weighted by Crippen LogP contribution is -2.25. The summed E-state index contributed by atoms with van der Waals surface area (Å²) in [5, 5.41) is 6.01. The van der Waals surface area contributed by atoms with Gasteiger partial charge in [-0.25, -0.2) is 0 Å². The Morgan fingerprint density at radius 2 is 1.53 bits per heavy atom. The van der Waals surface area contributed by atoms with Crippen LogP contribution < -0.4 is 10.6 Å². The molecule has 0 unspecified atom stereocenters. The van der Waals surface area contributed by atoms with E-state index in [9.17, 15) is 22.8 Å². The second-order valence-electron chi connectivity index (χ2n) is 8.65. The normalized spacial score (nSPS) is 12.1. The van der Waals surface area contributed by atoms with Crippen LogP contribution in [0.1, 0.15) is 36.5 Å². The van der Waals surface area contributed by atoms with Crippen LogP contribution in [0.15, 0.2) is 84.6 Å². The van der Waals surface area contributed by atoms with Crippen LogP contribution in [0.25, 0.3) is 17.0 Å². The van der Waals surface area contributed by atoms with E-state index in [4.69, 9.17) is 0 Å². The average Bonchev–Trinajstić information content (AvgIpc) is 3.30. The molecule has 0 radical (unpaired) electrons. The summed E-state index contributed by atoms with van der Waals surface area (Å²) in [6.45, 7) is 4.10. The lowest BCUT2D eigenvalue weighted by atomic mass is 10.0. The van der Waals surface area contributed by atoms with Crippen molar-refractivity contribution in [2.45, 2.75) is 25.9 Å². The summed E-state index contributed by atoms with van der Waals surface area (Å²) in [5.41, 5.74) is 1.82. The molecule has 5 nitrogen and oxygen atoms in total. The Kier molecular flexibility index (Phi) is 6.96. The highest BCUT2D eigenvalue weighted by Gasteiger charge is 2.30. The van der Waals surface area contributed by atoms with E-state index >= 15 is 0 Å². The fourth-order valence-electron chi connectivity index (χ4n) is 3.68. The molecule has 0 fully saturated rings. The van der Waals surface area contributed by atoms with E-state index in [0.29, 0.717) is 17.2 Å². The monoisotopic (exact) mass is 491 g/mol. The van der Waals surface area contributed by atoms with E-state index < -0.39 is 23.6 Å².